The fraction of sp³-hybridized carbons (Fsp3) is 0.250. The van der Waals surface area contributed by atoms with Crippen LogP contribution in [0.5, 0.6) is 0 Å². The Hall–Kier alpha value is -2.02. The highest BCUT2D eigenvalue weighted by atomic mass is 16.4. The fourth-order valence-electron chi connectivity index (χ4n) is 1.09. The van der Waals surface area contributed by atoms with Gasteiger partial charge in [0.05, 0.1) is 0 Å². The minimum absolute atomic E-state index is 0.484. The first-order valence-corrected chi connectivity index (χ1v) is 4.12. The first-order chi connectivity index (χ1) is 7.02. The molecule has 0 radical (unpaired) electrons. The molecule has 0 aliphatic heterocycles. The molecule has 1 heterocycles. The molecule has 7 nitrogen and oxygen atoms in total. The van der Waals surface area contributed by atoms with Gasteiger partial charge in [0.1, 0.15) is 6.54 Å². The summed E-state index contributed by atoms with van der Waals surface area (Å²) >= 11 is 0. The Labute approximate surface area is 85.3 Å². The summed E-state index contributed by atoms with van der Waals surface area (Å²) in [7, 11) is 0. The molecule has 0 bridgehead atoms. The van der Waals surface area contributed by atoms with Crippen molar-refractivity contribution in [1.29, 1.82) is 0 Å². The Morgan fingerprint density at radius 3 is 2.27 bits per heavy atom. The van der Waals surface area contributed by atoms with Crippen molar-refractivity contribution in [2.24, 2.45) is 5.73 Å². The number of rotatable bonds is 5. The normalized spacial score (nSPS) is 12.1. The molecule has 0 aromatic carbocycles. The van der Waals surface area contributed by atoms with E-state index in [1.54, 1.807) is 12.1 Å². The average Bonchev–Trinajstić information content (AvgIpc) is 2.65. The second-order valence-corrected chi connectivity index (χ2v) is 2.84. The number of carbonyl (C=O) groups is 2. The van der Waals surface area contributed by atoms with E-state index in [0.717, 1.165) is 5.01 Å². The average molecular weight is 213 g/mol. The fourth-order valence-corrected chi connectivity index (χ4v) is 1.09. The van der Waals surface area contributed by atoms with Gasteiger partial charge in [-0.3, -0.25) is 14.5 Å². The summed E-state index contributed by atoms with van der Waals surface area (Å²) in [5, 5.41) is 18.3. The van der Waals surface area contributed by atoms with Crippen LogP contribution in [0.15, 0.2) is 24.5 Å². The quantitative estimate of drug-likeness (QED) is 0.534. The molecule has 82 valence electrons. The zero-order valence-corrected chi connectivity index (χ0v) is 7.78. The number of hydrogen-bond donors (Lipinski definition) is 3. The van der Waals surface area contributed by atoms with E-state index in [0.29, 0.717) is 0 Å². The summed E-state index contributed by atoms with van der Waals surface area (Å²) in [6.07, 6.45) is 1.64. The lowest BCUT2D eigenvalue weighted by molar-refractivity contribution is -0.139. The number of nitrogens with two attached hydrogens (primary N) is 1. The Kier molecular flexibility index (Phi) is 3.29. The van der Waals surface area contributed by atoms with Crippen molar-refractivity contribution in [3.63, 3.8) is 0 Å². The van der Waals surface area contributed by atoms with Gasteiger partial charge < -0.3 is 15.9 Å². The van der Waals surface area contributed by atoms with Crippen molar-refractivity contribution in [1.82, 2.24) is 4.68 Å². The Morgan fingerprint density at radius 2 is 1.87 bits per heavy atom. The highest BCUT2D eigenvalue weighted by Gasteiger charge is 2.23. The zero-order chi connectivity index (χ0) is 11.4. The van der Waals surface area contributed by atoms with Crippen molar-refractivity contribution in [2.75, 3.05) is 11.6 Å². The predicted molar refractivity (Wildman–Crippen MR) is 50.8 cm³/mol. The van der Waals surface area contributed by atoms with Crippen LogP contribution in [0.1, 0.15) is 0 Å². The highest BCUT2D eigenvalue weighted by Crippen LogP contribution is 1.97. The number of hydrogen-bond acceptors (Lipinski definition) is 4. The van der Waals surface area contributed by atoms with Crippen LogP contribution in [0, 0.1) is 0 Å². The zero-order valence-electron chi connectivity index (χ0n) is 7.78. The number of nitrogens with zero attached hydrogens (tertiary/aromatic N) is 2. The van der Waals surface area contributed by atoms with Gasteiger partial charge in [-0.15, -0.1) is 0 Å². The molecular formula is C8H11N3O4. The molecule has 0 spiro atoms. The molecule has 4 N–H and O–H groups in total. The summed E-state index contributed by atoms with van der Waals surface area (Å²) in [6.45, 7) is -0.484. The van der Waals surface area contributed by atoms with Gasteiger partial charge >= 0.3 is 11.9 Å². The number of aliphatic carboxylic acids is 2. The number of carboxylic acid groups (broad SMARTS) is 2. The topological polar surface area (TPSA) is 109 Å². The maximum absolute atomic E-state index is 10.6. The first kappa shape index (κ1) is 11.1. The van der Waals surface area contributed by atoms with Crippen molar-refractivity contribution in [3.05, 3.63) is 24.5 Å². The molecule has 15 heavy (non-hydrogen) atoms. The Bertz CT molecular complexity index is 349. The minimum atomic E-state index is -1.39. The van der Waals surface area contributed by atoms with Gasteiger partial charge in [0.15, 0.2) is 6.17 Å². The molecule has 0 aliphatic rings. The largest absolute Gasteiger partial charge is 0.480 e. The predicted octanol–water partition coefficient (Wildman–Crippen LogP) is -1.12. The van der Waals surface area contributed by atoms with Gasteiger partial charge in [-0.05, 0) is 12.1 Å². The lowest BCUT2D eigenvalue weighted by Gasteiger charge is -2.27. The van der Waals surface area contributed by atoms with Crippen LogP contribution in [0.4, 0.5) is 0 Å². The summed E-state index contributed by atoms with van der Waals surface area (Å²) in [4.78, 5) is 21.2. The highest BCUT2D eigenvalue weighted by molar-refractivity contribution is 5.78. The molecule has 0 saturated carbocycles. The van der Waals surface area contributed by atoms with Crippen molar-refractivity contribution >= 4 is 11.9 Å². The van der Waals surface area contributed by atoms with Crippen LogP contribution in [-0.4, -0.2) is 39.5 Å². The molecule has 1 aromatic rings. The summed E-state index contributed by atoms with van der Waals surface area (Å²) < 4.78 is 1.33. The molecule has 1 rings (SSSR count). The van der Waals surface area contributed by atoms with E-state index in [1.807, 2.05) is 0 Å². The molecule has 7 heteroatoms. The maximum Gasteiger partial charge on any atom is 0.342 e. The Morgan fingerprint density at radius 1 is 1.33 bits per heavy atom. The van der Waals surface area contributed by atoms with E-state index in [-0.39, 0.29) is 0 Å². The van der Waals surface area contributed by atoms with Crippen LogP contribution < -0.4 is 10.7 Å². The standard InChI is InChI=1S/C8H11N3O4/c9-7(8(14)15)11(5-6(12)13)10-3-1-2-4-10/h1-4,7H,5,9H2,(H,12,13)(H,14,15). The smallest absolute Gasteiger partial charge is 0.342 e. The van der Waals surface area contributed by atoms with Crippen LogP contribution in [0.2, 0.25) is 0 Å². The lowest BCUT2D eigenvalue weighted by Crippen LogP contribution is -2.55. The van der Waals surface area contributed by atoms with Crippen molar-refractivity contribution in [3.8, 4) is 0 Å². The van der Waals surface area contributed by atoms with Crippen LogP contribution in [0.3, 0.4) is 0 Å². The third kappa shape index (κ3) is 2.71. The van der Waals surface area contributed by atoms with Crippen LogP contribution in [-0.2, 0) is 9.59 Å². The van der Waals surface area contributed by atoms with Crippen LogP contribution >= 0.6 is 0 Å². The number of carboxylic acids is 2. The number of aromatic nitrogens is 1. The van der Waals surface area contributed by atoms with E-state index in [2.05, 4.69) is 0 Å². The molecule has 0 aliphatic carbocycles. The second kappa shape index (κ2) is 4.47. The summed E-state index contributed by atoms with van der Waals surface area (Å²) in [5.41, 5.74) is 5.34. The minimum Gasteiger partial charge on any atom is -0.480 e. The van der Waals surface area contributed by atoms with Gasteiger partial charge in [-0.25, -0.2) is 4.79 Å². The van der Waals surface area contributed by atoms with Gasteiger partial charge in [0.2, 0.25) is 0 Å². The summed E-state index contributed by atoms with van der Waals surface area (Å²) in [6, 6.07) is 3.28. The van der Waals surface area contributed by atoms with E-state index in [4.69, 9.17) is 15.9 Å². The summed E-state index contributed by atoms with van der Waals surface area (Å²) in [5.74, 6) is -2.44. The van der Waals surface area contributed by atoms with Crippen molar-refractivity contribution in [2.45, 2.75) is 6.17 Å². The third-order valence-electron chi connectivity index (χ3n) is 1.76. The van der Waals surface area contributed by atoms with Gasteiger partial charge in [0, 0.05) is 12.4 Å². The van der Waals surface area contributed by atoms with Gasteiger partial charge in [0.25, 0.3) is 0 Å². The van der Waals surface area contributed by atoms with Gasteiger partial charge in [-0.2, -0.15) is 0 Å². The van der Waals surface area contributed by atoms with E-state index in [1.165, 1.54) is 17.1 Å². The molecule has 1 atom stereocenters. The van der Waals surface area contributed by atoms with Gasteiger partial charge in [-0.1, -0.05) is 0 Å². The molecule has 0 saturated heterocycles. The van der Waals surface area contributed by atoms with E-state index >= 15 is 0 Å². The lowest BCUT2D eigenvalue weighted by atomic mass is 10.4. The van der Waals surface area contributed by atoms with Crippen LogP contribution in [0.25, 0.3) is 0 Å². The monoisotopic (exact) mass is 213 g/mol. The molecule has 1 unspecified atom stereocenters. The van der Waals surface area contributed by atoms with Crippen molar-refractivity contribution < 1.29 is 19.8 Å². The Balaban J connectivity index is 2.88. The second-order valence-electron chi connectivity index (χ2n) is 2.84. The SMILES string of the molecule is NC(C(=O)O)N(CC(=O)O)n1cccc1. The maximum atomic E-state index is 10.6. The first-order valence-electron chi connectivity index (χ1n) is 4.12. The van der Waals surface area contributed by atoms with E-state index in [9.17, 15) is 9.59 Å². The molecular weight excluding hydrogens is 202 g/mol. The third-order valence-corrected chi connectivity index (χ3v) is 1.76. The molecule has 0 fully saturated rings. The molecule has 1 aromatic heterocycles. The molecule has 0 amide bonds. The van der Waals surface area contributed by atoms with E-state index < -0.39 is 24.6 Å².